The first-order chi connectivity index (χ1) is 27.6. The molecule has 8 aromatic rings. The topological polar surface area (TPSA) is 11.4 Å². The van der Waals surface area contributed by atoms with E-state index >= 15 is 0 Å². The first kappa shape index (κ1) is 34.0. The highest BCUT2D eigenvalue weighted by Crippen LogP contribution is 2.50. The molecule has 1 atom stereocenters. The molecule has 0 radical (unpaired) electrons. The van der Waals surface area contributed by atoms with Crippen molar-refractivity contribution >= 4 is 83.6 Å². The highest BCUT2D eigenvalue weighted by atomic mass is 32.2. The summed E-state index contributed by atoms with van der Waals surface area (Å²) in [5, 5.41) is 7.44. The van der Waals surface area contributed by atoms with E-state index in [2.05, 4.69) is 211 Å². The molecule has 0 fully saturated rings. The number of allylic oxidation sites excluding steroid dienone is 9. The summed E-state index contributed by atoms with van der Waals surface area (Å²) in [4.78, 5) is 7.41. The molecule has 0 amide bonds. The van der Waals surface area contributed by atoms with Crippen LogP contribution in [0.3, 0.4) is 0 Å². The van der Waals surface area contributed by atoms with E-state index in [9.17, 15) is 0 Å². The predicted octanol–water partition coefficient (Wildman–Crippen LogP) is 15.0. The van der Waals surface area contributed by atoms with E-state index < -0.39 is 0 Å². The van der Waals surface area contributed by atoms with Crippen LogP contribution in [0.15, 0.2) is 210 Å². The second-order valence-corrected chi connectivity index (χ2v) is 15.8. The molecular formula is C52H41N3S. The molecule has 0 N–H and O–H groups in total. The number of anilines is 4. The molecule has 7 aromatic carbocycles. The monoisotopic (exact) mass is 739 g/mol. The van der Waals surface area contributed by atoms with E-state index in [0.29, 0.717) is 5.92 Å². The Morgan fingerprint density at radius 2 is 1.34 bits per heavy atom. The largest absolute Gasteiger partial charge is 0.313 e. The van der Waals surface area contributed by atoms with Crippen molar-refractivity contribution in [2.75, 3.05) is 9.80 Å². The number of hydrogen-bond acceptors (Lipinski definition) is 3. The first-order valence-corrected chi connectivity index (χ1v) is 20.2. The maximum Gasteiger partial charge on any atom is 0.0598 e. The van der Waals surface area contributed by atoms with Gasteiger partial charge in [-0.15, -0.1) is 0 Å². The van der Waals surface area contributed by atoms with Gasteiger partial charge in [-0.05, 0) is 102 Å². The first-order valence-electron chi connectivity index (χ1n) is 19.4. The van der Waals surface area contributed by atoms with Gasteiger partial charge in [-0.1, -0.05) is 134 Å². The summed E-state index contributed by atoms with van der Waals surface area (Å²) in [5.74, 6) is 0.348. The van der Waals surface area contributed by atoms with Crippen LogP contribution in [0.1, 0.15) is 20.3 Å². The summed E-state index contributed by atoms with van der Waals surface area (Å²) in [6, 6.07) is 53.2. The molecule has 3 nitrogen and oxygen atoms in total. The summed E-state index contributed by atoms with van der Waals surface area (Å²) >= 11 is 1.83. The molecule has 10 rings (SSSR count). The van der Waals surface area contributed by atoms with Gasteiger partial charge in [0.25, 0.3) is 0 Å². The summed E-state index contributed by atoms with van der Waals surface area (Å²) in [7, 11) is 0. The Balaban J connectivity index is 1.18. The number of benzene rings is 7. The Labute approximate surface area is 332 Å². The third kappa shape index (κ3) is 5.60. The second-order valence-electron chi connectivity index (χ2n) is 14.7. The number of nitrogens with zero attached hydrogens (tertiary/aromatic N) is 3. The van der Waals surface area contributed by atoms with Gasteiger partial charge < -0.3 is 14.4 Å². The Hall–Kier alpha value is -6.49. The van der Waals surface area contributed by atoms with E-state index in [-0.39, 0.29) is 0 Å². The van der Waals surface area contributed by atoms with Crippen molar-refractivity contribution in [2.45, 2.75) is 30.1 Å². The average molecular weight is 740 g/mol. The SMILES string of the molecule is C=C/C=C(\C=C(/C)N1c2ccccc2Sc2ccccc21)n1c2ccccc2c2cc(N(C3=CC=CCC3C)c3cc4ccccc4c4ccccc34)ccc21. The molecule has 0 saturated heterocycles. The standard InChI is InChI=1S/C52H41N3S/c1-4-17-38(32-36(3)53-48-26-13-15-28-51(48)56-52-29-16-14-27-49(52)53)55-46-25-12-10-23-43(46)44-34-39(30-31-47(44)55)54(45-24-11-5-18-35(45)2)50-33-37-19-6-7-20-40(37)41-21-8-9-22-42(41)50/h4-17,19-35H,1,18H2,2-3H3/b36-32+,38-17+. The van der Waals surface area contributed by atoms with Crippen LogP contribution in [-0.4, -0.2) is 4.57 Å². The molecule has 0 spiro atoms. The Bertz CT molecular complexity index is 2950. The Morgan fingerprint density at radius 1 is 0.696 bits per heavy atom. The molecule has 270 valence electrons. The average Bonchev–Trinajstić information content (AvgIpc) is 3.57. The zero-order valence-electron chi connectivity index (χ0n) is 31.6. The lowest BCUT2D eigenvalue weighted by atomic mass is 9.94. The van der Waals surface area contributed by atoms with Gasteiger partial charge in [0.05, 0.1) is 28.1 Å². The fourth-order valence-electron chi connectivity index (χ4n) is 8.73. The molecule has 1 aliphatic carbocycles. The summed E-state index contributed by atoms with van der Waals surface area (Å²) in [5.41, 5.74) is 10.5. The Morgan fingerprint density at radius 3 is 2.09 bits per heavy atom. The maximum atomic E-state index is 4.18. The van der Waals surface area contributed by atoms with Gasteiger partial charge in [0.15, 0.2) is 0 Å². The number of hydrogen-bond donors (Lipinski definition) is 0. The van der Waals surface area contributed by atoms with Gasteiger partial charge in [0, 0.05) is 54.6 Å². The van der Waals surface area contributed by atoms with Gasteiger partial charge in [0.2, 0.25) is 0 Å². The number of para-hydroxylation sites is 3. The minimum atomic E-state index is 0.348. The van der Waals surface area contributed by atoms with Gasteiger partial charge in [-0.3, -0.25) is 0 Å². The van der Waals surface area contributed by atoms with Crippen LogP contribution in [0.4, 0.5) is 22.7 Å². The minimum Gasteiger partial charge on any atom is -0.313 e. The van der Waals surface area contributed by atoms with Gasteiger partial charge in [0.1, 0.15) is 0 Å². The van der Waals surface area contributed by atoms with E-state index in [1.807, 2.05) is 17.8 Å². The van der Waals surface area contributed by atoms with E-state index in [0.717, 1.165) is 34.5 Å². The van der Waals surface area contributed by atoms with Crippen LogP contribution < -0.4 is 9.80 Å². The quantitative estimate of drug-likeness (QED) is 0.119. The Kier molecular flexibility index (Phi) is 8.49. The van der Waals surface area contributed by atoms with Crippen molar-refractivity contribution in [3.05, 3.63) is 200 Å². The van der Waals surface area contributed by atoms with Crippen LogP contribution in [0.25, 0.3) is 49.0 Å². The molecule has 2 aliphatic rings. The fraction of sp³-hybridized carbons (Fsp3) is 0.0769. The van der Waals surface area contributed by atoms with E-state index in [1.54, 1.807) is 0 Å². The normalized spacial score (nSPS) is 15.6. The molecular weight excluding hydrogens is 699 g/mol. The lowest BCUT2D eigenvalue weighted by Crippen LogP contribution is -2.22. The lowest BCUT2D eigenvalue weighted by Gasteiger charge is -2.33. The maximum absolute atomic E-state index is 4.18. The van der Waals surface area contributed by atoms with Crippen LogP contribution in [0, 0.1) is 5.92 Å². The summed E-state index contributed by atoms with van der Waals surface area (Å²) in [6.07, 6.45) is 14.1. The van der Waals surface area contributed by atoms with Crippen molar-refractivity contribution in [2.24, 2.45) is 5.92 Å². The van der Waals surface area contributed by atoms with Crippen LogP contribution in [0.5, 0.6) is 0 Å². The van der Waals surface area contributed by atoms with Crippen molar-refractivity contribution in [1.29, 1.82) is 0 Å². The van der Waals surface area contributed by atoms with Crippen molar-refractivity contribution in [3.8, 4) is 0 Å². The van der Waals surface area contributed by atoms with Crippen LogP contribution >= 0.6 is 11.8 Å². The van der Waals surface area contributed by atoms with Gasteiger partial charge in [-0.2, -0.15) is 0 Å². The lowest BCUT2D eigenvalue weighted by molar-refractivity contribution is 0.671. The zero-order chi connectivity index (χ0) is 37.8. The predicted molar refractivity (Wildman–Crippen MR) is 241 cm³/mol. The molecule has 56 heavy (non-hydrogen) atoms. The molecule has 2 heterocycles. The molecule has 4 heteroatoms. The third-order valence-corrected chi connectivity index (χ3v) is 12.4. The summed E-state index contributed by atoms with van der Waals surface area (Å²) in [6.45, 7) is 8.74. The number of fused-ring (bicyclic) bond motifs is 8. The molecule has 0 saturated carbocycles. The fourth-order valence-corrected chi connectivity index (χ4v) is 9.78. The minimum absolute atomic E-state index is 0.348. The number of aromatic nitrogens is 1. The van der Waals surface area contributed by atoms with Crippen LogP contribution in [-0.2, 0) is 0 Å². The zero-order valence-corrected chi connectivity index (χ0v) is 32.4. The van der Waals surface area contributed by atoms with Gasteiger partial charge >= 0.3 is 0 Å². The van der Waals surface area contributed by atoms with Crippen molar-refractivity contribution in [1.82, 2.24) is 4.57 Å². The highest BCUT2D eigenvalue weighted by Gasteiger charge is 2.26. The highest BCUT2D eigenvalue weighted by molar-refractivity contribution is 7.99. The second kappa shape index (κ2) is 14.0. The van der Waals surface area contributed by atoms with Crippen molar-refractivity contribution < 1.29 is 0 Å². The summed E-state index contributed by atoms with van der Waals surface area (Å²) < 4.78 is 2.40. The number of rotatable bonds is 7. The molecule has 1 unspecified atom stereocenters. The van der Waals surface area contributed by atoms with E-state index in [4.69, 9.17) is 0 Å². The smallest absolute Gasteiger partial charge is 0.0598 e. The van der Waals surface area contributed by atoms with Crippen LogP contribution in [0.2, 0.25) is 0 Å². The molecule has 1 aromatic heterocycles. The third-order valence-electron chi connectivity index (χ3n) is 11.2. The molecule has 0 bridgehead atoms. The molecule has 1 aliphatic heterocycles. The van der Waals surface area contributed by atoms with Gasteiger partial charge in [-0.25, -0.2) is 0 Å². The van der Waals surface area contributed by atoms with Crippen molar-refractivity contribution in [3.63, 3.8) is 0 Å². The van der Waals surface area contributed by atoms with E-state index in [1.165, 1.54) is 64.9 Å².